The zero-order chi connectivity index (χ0) is 33.3. The van der Waals surface area contributed by atoms with Crippen LogP contribution in [0.2, 0.25) is 0 Å². The predicted octanol–water partition coefficient (Wildman–Crippen LogP) is 2.95. The number of hydrogen-bond acceptors (Lipinski definition) is 7. The van der Waals surface area contributed by atoms with E-state index in [1.165, 1.54) is 36.5 Å². The van der Waals surface area contributed by atoms with Crippen LogP contribution in [0.1, 0.15) is 81.0 Å². The third-order valence-corrected chi connectivity index (χ3v) is 7.94. The van der Waals surface area contributed by atoms with Crippen molar-refractivity contribution in [3.05, 3.63) is 66.0 Å². The SMILES string of the molecule is CC(C)C[C@@H](C(=O)NC(CC1CCCNC1=O)C(=O)C(=O)c1ccccc1)N(C)C(=O)[C@@H](NC(=O)c1cccnc1)C(C)(C)C. The number of amides is 4. The number of nitrogens with one attached hydrogen (secondary N) is 3. The first kappa shape index (κ1) is 35.1. The average Bonchev–Trinajstić information content (AvgIpc) is 3.01. The van der Waals surface area contributed by atoms with E-state index in [2.05, 4.69) is 20.9 Å². The van der Waals surface area contributed by atoms with E-state index in [1.807, 2.05) is 34.6 Å². The van der Waals surface area contributed by atoms with E-state index in [-0.39, 0.29) is 35.8 Å². The van der Waals surface area contributed by atoms with Crippen molar-refractivity contribution in [1.29, 1.82) is 0 Å². The van der Waals surface area contributed by atoms with Crippen LogP contribution in [-0.4, -0.2) is 76.8 Å². The summed E-state index contributed by atoms with van der Waals surface area (Å²) in [6.07, 6.45) is 4.37. The fourth-order valence-electron chi connectivity index (χ4n) is 5.34. The van der Waals surface area contributed by atoms with E-state index in [1.54, 1.807) is 30.3 Å². The number of hydrogen-bond donors (Lipinski definition) is 3. The molecule has 11 nitrogen and oxygen atoms in total. The van der Waals surface area contributed by atoms with Crippen LogP contribution in [0.5, 0.6) is 0 Å². The van der Waals surface area contributed by atoms with Crippen LogP contribution in [0, 0.1) is 17.3 Å². The zero-order valence-corrected chi connectivity index (χ0v) is 27.0. The molecule has 4 amide bonds. The molecule has 1 fully saturated rings. The van der Waals surface area contributed by atoms with Crippen molar-refractivity contribution >= 4 is 35.2 Å². The Morgan fingerprint density at radius 3 is 2.24 bits per heavy atom. The maximum absolute atomic E-state index is 14.0. The Bertz CT molecular complexity index is 1370. The van der Waals surface area contributed by atoms with Gasteiger partial charge in [-0.25, -0.2) is 0 Å². The Kier molecular flexibility index (Phi) is 12.1. The number of aromatic nitrogens is 1. The molecular weight excluding hydrogens is 574 g/mol. The van der Waals surface area contributed by atoms with Crippen LogP contribution >= 0.6 is 0 Å². The largest absolute Gasteiger partial charge is 0.356 e. The van der Waals surface area contributed by atoms with Gasteiger partial charge in [-0.15, -0.1) is 0 Å². The number of benzene rings is 1. The zero-order valence-electron chi connectivity index (χ0n) is 27.0. The summed E-state index contributed by atoms with van der Waals surface area (Å²) in [7, 11) is 1.49. The number of ketones is 2. The number of likely N-dealkylation sites (N-methyl/N-ethyl adjacent to an activating group) is 1. The normalized spacial score (nSPS) is 17.0. The van der Waals surface area contributed by atoms with E-state index in [9.17, 15) is 28.8 Å². The van der Waals surface area contributed by atoms with Gasteiger partial charge in [-0.05, 0) is 49.1 Å². The van der Waals surface area contributed by atoms with Gasteiger partial charge in [-0.2, -0.15) is 0 Å². The lowest BCUT2D eigenvalue weighted by molar-refractivity contribution is -0.143. The minimum absolute atomic E-state index is 0.0294. The molecule has 2 unspecified atom stereocenters. The van der Waals surface area contributed by atoms with Crippen LogP contribution in [0.15, 0.2) is 54.9 Å². The Balaban J connectivity index is 1.89. The molecule has 0 spiro atoms. The van der Waals surface area contributed by atoms with Gasteiger partial charge in [0.2, 0.25) is 29.3 Å². The van der Waals surface area contributed by atoms with Crippen molar-refractivity contribution in [3.63, 3.8) is 0 Å². The molecule has 1 aromatic heterocycles. The van der Waals surface area contributed by atoms with E-state index in [0.29, 0.717) is 19.4 Å². The molecule has 3 N–H and O–H groups in total. The minimum Gasteiger partial charge on any atom is -0.356 e. The smallest absolute Gasteiger partial charge is 0.253 e. The number of Topliss-reactive ketones (excluding diaryl/α,β-unsaturated/α-hetero) is 2. The molecule has 1 aromatic carbocycles. The van der Waals surface area contributed by atoms with E-state index < -0.39 is 58.7 Å². The van der Waals surface area contributed by atoms with Gasteiger partial charge in [-0.3, -0.25) is 33.8 Å². The fraction of sp³-hybridized carbons (Fsp3) is 0.500. The summed E-state index contributed by atoms with van der Waals surface area (Å²) in [4.78, 5) is 85.6. The minimum atomic E-state index is -1.28. The van der Waals surface area contributed by atoms with Gasteiger partial charge < -0.3 is 20.9 Å². The molecule has 1 aliphatic heterocycles. The molecule has 11 heteroatoms. The van der Waals surface area contributed by atoms with Crippen LogP contribution in [0.3, 0.4) is 0 Å². The maximum Gasteiger partial charge on any atom is 0.253 e. The van der Waals surface area contributed by atoms with Crippen LogP contribution in [-0.2, 0) is 19.2 Å². The predicted molar refractivity (Wildman–Crippen MR) is 169 cm³/mol. The van der Waals surface area contributed by atoms with Crippen molar-refractivity contribution in [2.75, 3.05) is 13.6 Å². The Morgan fingerprint density at radius 2 is 1.67 bits per heavy atom. The van der Waals surface area contributed by atoms with Crippen LogP contribution in [0.4, 0.5) is 0 Å². The second-order valence-corrected chi connectivity index (χ2v) is 13.1. The summed E-state index contributed by atoms with van der Waals surface area (Å²) in [5.74, 6) is -4.02. The van der Waals surface area contributed by atoms with Gasteiger partial charge in [0.15, 0.2) is 0 Å². The number of nitrogens with zero attached hydrogens (tertiary/aromatic N) is 2. The lowest BCUT2D eigenvalue weighted by atomic mass is 9.85. The monoisotopic (exact) mass is 619 g/mol. The second-order valence-electron chi connectivity index (χ2n) is 13.1. The Morgan fingerprint density at radius 1 is 1.00 bits per heavy atom. The lowest BCUT2D eigenvalue weighted by Gasteiger charge is -2.37. The molecule has 0 radical (unpaired) electrons. The molecule has 45 heavy (non-hydrogen) atoms. The molecule has 3 rings (SSSR count). The fourth-order valence-corrected chi connectivity index (χ4v) is 5.34. The first-order valence-electron chi connectivity index (χ1n) is 15.4. The molecule has 2 heterocycles. The second kappa shape index (κ2) is 15.5. The molecule has 2 aromatic rings. The highest BCUT2D eigenvalue weighted by Gasteiger charge is 2.40. The maximum atomic E-state index is 14.0. The topological polar surface area (TPSA) is 155 Å². The van der Waals surface area contributed by atoms with E-state index in [4.69, 9.17) is 0 Å². The van der Waals surface area contributed by atoms with Crippen molar-refractivity contribution in [2.24, 2.45) is 17.3 Å². The molecule has 1 saturated heterocycles. The number of piperidine rings is 1. The summed E-state index contributed by atoms with van der Waals surface area (Å²) in [5, 5.41) is 8.34. The summed E-state index contributed by atoms with van der Waals surface area (Å²) >= 11 is 0. The molecule has 0 saturated carbocycles. The first-order valence-corrected chi connectivity index (χ1v) is 15.4. The van der Waals surface area contributed by atoms with Crippen molar-refractivity contribution in [1.82, 2.24) is 25.8 Å². The van der Waals surface area contributed by atoms with Gasteiger partial charge in [0.1, 0.15) is 12.1 Å². The molecule has 0 aliphatic carbocycles. The highest BCUT2D eigenvalue weighted by atomic mass is 16.2. The van der Waals surface area contributed by atoms with Crippen molar-refractivity contribution < 1.29 is 28.8 Å². The Labute approximate surface area is 264 Å². The molecular formula is C34H45N5O6. The van der Waals surface area contributed by atoms with Crippen molar-refractivity contribution in [3.8, 4) is 0 Å². The van der Waals surface area contributed by atoms with Gasteiger partial charge in [0.05, 0.1) is 11.6 Å². The summed E-state index contributed by atoms with van der Waals surface area (Å²) < 4.78 is 0. The standard InChI is InChI=1S/C34H45N5O6/c1-21(2)18-26(39(6)33(45)29(34(3,4)5)38-31(43)24-15-10-16-35-20-24)32(44)37-25(19-23-14-11-17-36-30(23)42)28(41)27(40)22-12-8-7-9-13-22/h7-10,12-13,15-16,20-21,23,25-26,29H,11,14,17-19H2,1-6H3,(H,36,42)(H,37,44)(H,38,43)/t23?,25?,26-,29+/m0/s1. The van der Waals surface area contributed by atoms with E-state index >= 15 is 0 Å². The number of carbonyl (C=O) groups excluding carboxylic acids is 6. The van der Waals surface area contributed by atoms with Crippen LogP contribution in [0.25, 0.3) is 0 Å². The first-order chi connectivity index (χ1) is 21.2. The number of pyridine rings is 1. The Hall–Kier alpha value is -4.41. The van der Waals surface area contributed by atoms with Gasteiger partial charge in [0, 0.05) is 37.5 Å². The molecule has 1 aliphatic rings. The highest BCUT2D eigenvalue weighted by molar-refractivity contribution is 6.45. The molecule has 0 bridgehead atoms. The highest BCUT2D eigenvalue weighted by Crippen LogP contribution is 2.24. The summed E-state index contributed by atoms with van der Waals surface area (Å²) in [6.45, 7) is 9.76. The summed E-state index contributed by atoms with van der Waals surface area (Å²) in [6, 6.07) is 7.95. The summed E-state index contributed by atoms with van der Waals surface area (Å²) in [5.41, 5.74) is -0.259. The lowest BCUT2D eigenvalue weighted by Crippen LogP contribution is -2.59. The van der Waals surface area contributed by atoms with Gasteiger partial charge in [0.25, 0.3) is 5.91 Å². The number of rotatable bonds is 13. The molecule has 242 valence electrons. The van der Waals surface area contributed by atoms with Crippen molar-refractivity contribution in [2.45, 2.75) is 78.4 Å². The average molecular weight is 620 g/mol. The van der Waals surface area contributed by atoms with Gasteiger partial charge >= 0.3 is 0 Å². The quantitative estimate of drug-likeness (QED) is 0.230. The van der Waals surface area contributed by atoms with E-state index in [0.717, 1.165) is 0 Å². The third-order valence-electron chi connectivity index (χ3n) is 7.94. The number of carbonyl (C=O) groups is 6. The third kappa shape index (κ3) is 9.54. The van der Waals surface area contributed by atoms with Gasteiger partial charge in [-0.1, -0.05) is 65.0 Å². The van der Waals surface area contributed by atoms with Crippen LogP contribution < -0.4 is 16.0 Å². The molecule has 4 atom stereocenters.